The van der Waals surface area contributed by atoms with E-state index in [2.05, 4.69) is 6.58 Å². The molecule has 0 spiro atoms. The number of halogens is 1. The van der Waals surface area contributed by atoms with E-state index in [1.165, 1.54) is 13.0 Å². The molecule has 204 valence electrons. The van der Waals surface area contributed by atoms with Crippen molar-refractivity contribution in [3.05, 3.63) is 24.3 Å². The molecule has 2 aliphatic carbocycles. The fourth-order valence-electron chi connectivity index (χ4n) is 6.21. The lowest BCUT2D eigenvalue weighted by Gasteiger charge is -2.66. The van der Waals surface area contributed by atoms with Gasteiger partial charge in [-0.2, -0.15) is 0 Å². The topological polar surface area (TPSA) is 123 Å². The van der Waals surface area contributed by atoms with Gasteiger partial charge in [0.2, 0.25) is 0 Å². The van der Waals surface area contributed by atoms with Gasteiger partial charge in [-0.25, -0.2) is 4.79 Å². The largest absolute Gasteiger partial charge is 0.453 e. The Morgan fingerprint density at radius 3 is 2.39 bits per heavy atom. The minimum Gasteiger partial charge on any atom is -0.453 e. The second-order valence-corrected chi connectivity index (χ2v) is 11.6. The summed E-state index contributed by atoms with van der Waals surface area (Å²) in [4.78, 5) is 40.0. The zero-order valence-corrected chi connectivity index (χ0v) is 23.1. The van der Waals surface area contributed by atoms with Gasteiger partial charge >= 0.3 is 11.9 Å². The van der Waals surface area contributed by atoms with Crippen LogP contribution in [-0.2, 0) is 28.6 Å². The Morgan fingerprint density at radius 1 is 1.22 bits per heavy atom. The summed E-state index contributed by atoms with van der Waals surface area (Å²) in [5.74, 6) is -1.96. The van der Waals surface area contributed by atoms with E-state index in [-0.39, 0.29) is 25.4 Å². The first-order chi connectivity index (χ1) is 16.0. The van der Waals surface area contributed by atoms with Gasteiger partial charge in [0.15, 0.2) is 24.1 Å². The molecule has 9 nitrogen and oxygen atoms in total. The summed E-state index contributed by atoms with van der Waals surface area (Å²) >= 11 is 0. The summed E-state index contributed by atoms with van der Waals surface area (Å²) in [5, 5.41) is 23.5. The number of fused-ring (bicyclic) bond motifs is 3. The number of aliphatic hydroxyl groups excluding tert-OH is 1. The number of likely N-dealkylation sites (N-methyl/N-ethyl adjacent to an activating group) is 1. The van der Waals surface area contributed by atoms with Crippen LogP contribution in [-0.4, -0.2) is 89.1 Å². The lowest BCUT2D eigenvalue weighted by Crippen LogP contribution is -2.81. The number of esters is 2. The molecule has 0 aromatic heterocycles. The number of carbonyl (C=O) groups is 3. The van der Waals surface area contributed by atoms with Crippen molar-refractivity contribution in [2.75, 3.05) is 27.2 Å². The highest BCUT2D eigenvalue weighted by Gasteiger charge is 2.76. The summed E-state index contributed by atoms with van der Waals surface area (Å²) in [5.41, 5.74) is -6.31. The first-order valence-corrected chi connectivity index (χ1v) is 12.0. The first-order valence-electron chi connectivity index (χ1n) is 12.0. The van der Waals surface area contributed by atoms with Gasteiger partial charge in [-0.05, 0) is 59.2 Å². The Balaban J connectivity index is 0.00000456. The maximum absolute atomic E-state index is 13.8. The van der Waals surface area contributed by atoms with Crippen molar-refractivity contribution >= 4 is 30.1 Å². The van der Waals surface area contributed by atoms with Gasteiger partial charge in [0, 0.05) is 6.42 Å². The third-order valence-electron chi connectivity index (χ3n) is 8.18. The lowest BCUT2D eigenvalue weighted by atomic mass is 9.44. The predicted octanol–water partition coefficient (Wildman–Crippen LogP) is 1.98. The van der Waals surface area contributed by atoms with Crippen LogP contribution < -0.4 is 0 Å². The van der Waals surface area contributed by atoms with E-state index in [0.717, 1.165) is 0 Å². The van der Waals surface area contributed by atoms with Crippen LogP contribution in [0.1, 0.15) is 53.9 Å². The summed E-state index contributed by atoms with van der Waals surface area (Å²) in [6, 6.07) is 0. The Morgan fingerprint density at radius 2 is 1.83 bits per heavy atom. The molecule has 10 heteroatoms. The number of nitrogens with zero attached hydrogens (tertiary/aromatic N) is 1. The highest BCUT2D eigenvalue weighted by Crippen LogP contribution is 2.64. The maximum atomic E-state index is 13.8. The van der Waals surface area contributed by atoms with Crippen molar-refractivity contribution in [3.8, 4) is 0 Å². The maximum Gasteiger partial charge on any atom is 0.344 e. The number of hydrogen-bond donors (Lipinski definition) is 2. The minimum atomic E-state index is -2.20. The average Bonchev–Trinajstić information content (AvgIpc) is 2.74. The van der Waals surface area contributed by atoms with Crippen molar-refractivity contribution in [2.45, 2.75) is 82.9 Å². The molecule has 36 heavy (non-hydrogen) atoms. The van der Waals surface area contributed by atoms with Gasteiger partial charge in [-0.1, -0.05) is 25.5 Å². The summed E-state index contributed by atoms with van der Waals surface area (Å²) in [6.07, 6.45) is 1.82. The number of hydrogen-bond acceptors (Lipinski definition) is 9. The van der Waals surface area contributed by atoms with E-state index >= 15 is 0 Å². The van der Waals surface area contributed by atoms with Crippen LogP contribution in [0.2, 0.25) is 0 Å². The van der Waals surface area contributed by atoms with Crippen molar-refractivity contribution in [1.82, 2.24) is 4.90 Å². The fraction of sp³-hybridized carbons (Fsp3) is 0.731. The van der Waals surface area contributed by atoms with Crippen molar-refractivity contribution in [3.63, 3.8) is 0 Å². The van der Waals surface area contributed by atoms with Crippen LogP contribution in [0, 0.1) is 10.8 Å². The Bertz CT molecular complexity index is 964. The van der Waals surface area contributed by atoms with Crippen LogP contribution in [0.3, 0.4) is 0 Å². The molecular formula is C26H40ClNO8. The molecule has 1 heterocycles. The Labute approximate surface area is 219 Å². The predicted molar refractivity (Wildman–Crippen MR) is 135 cm³/mol. The Hall–Kier alpha value is -1.78. The molecule has 0 radical (unpaired) electrons. The second kappa shape index (κ2) is 9.83. The van der Waals surface area contributed by atoms with Crippen LogP contribution in [0.25, 0.3) is 0 Å². The number of carbonyl (C=O) groups excluding carboxylic acids is 3. The van der Waals surface area contributed by atoms with Crippen molar-refractivity contribution in [1.29, 1.82) is 0 Å². The molecule has 6 atom stereocenters. The number of aliphatic hydroxyl groups is 2. The van der Waals surface area contributed by atoms with Crippen LogP contribution in [0.4, 0.5) is 0 Å². The molecule has 3 aliphatic rings. The second-order valence-electron chi connectivity index (χ2n) is 11.6. The zero-order valence-electron chi connectivity index (χ0n) is 22.3. The van der Waals surface area contributed by atoms with Crippen molar-refractivity contribution in [2.24, 2.45) is 10.8 Å². The number of ether oxygens (including phenoxy) is 3. The summed E-state index contributed by atoms with van der Waals surface area (Å²) in [7, 11) is 3.39. The average molecular weight is 530 g/mol. The highest BCUT2D eigenvalue weighted by atomic mass is 35.5. The molecule has 1 saturated carbocycles. The molecule has 1 aliphatic heterocycles. The SMILES string of the molecule is C=C[C@@]1(C)CC(=O)[C@@]2(O)[C@](C)(O1)[C@@H](OC(=O)COC(=O)CN(C)C)C=C1C(C)(C)CC[C@H](O)[C@@]12C.Cl. The van der Waals surface area contributed by atoms with E-state index in [0.29, 0.717) is 18.4 Å². The molecule has 0 bridgehead atoms. The third kappa shape index (κ3) is 4.53. The fourth-order valence-corrected chi connectivity index (χ4v) is 6.21. The molecule has 0 aromatic rings. The first kappa shape index (κ1) is 30.4. The van der Waals surface area contributed by atoms with Gasteiger partial charge in [0.1, 0.15) is 5.60 Å². The molecular weight excluding hydrogens is 490 g/mol. The lowest BCUT2D eigenvalue weighted by molar-refractivity contribution is -0.305. The zero-order chi connectivity index (χ0) is 26.6. The molecule has 2 fully saturated rings. The van der Waals surface area contributed by atoms with E-state index < -0.39 is 64.2 Å². The molecule has 0 unspecified atom stereocenters. The van der Waals surface area contributed by atoms with Crippen LogP contribution >= 0.6 is 12.4 Å². The highest BCUT2D eigenvalue weighted by molar-refractivity contribution is 5.93. The minimum absolute atomic E-state index is 0. The standard InChI is InChI=1S/C26H39NO8.ClH/c1-9-23(4)13-18(29)26(32)24(5)16(22(2,3)11-10-17(24)28)12-19(25(26,6)35-23)34-21(31)15-33-20(30)14-27(7)8;/h9,12,17,19,28,32H,1,10-11,13-15H2,2-8H3;1H/t17-,19-,23-,24+,25+,26-;/m0./s1. The molecule has 3 rings (SSSR count). The molecule has 0 amide bonds. The van der Waals surface area contributed by atoms with Gasteiger partial charge < -0.3 is 24.4 Å². The summed E-state index contributed by atoms with van der Waals surface area (Å²) in [6.45, 7) is 12.0. The molecule has 2 N–H and O–H groups in total. The van der Waals surface area contributed by atoms with E-state index in [1.54, 1.807) is 38.9 Å². The normalized spacial score (nSPS) is 39.2. The van der Waals surface area contributed by atoms with Crippen LogP contribution in [0.5, 0.6) is 0 Å². The van der Waals surface area contributed by atoms with E-state index in [9.17, 15) is 24.6 Å². The number of Topliss-reactive ketones (excluding diaryl/α,β-unsaturated/α-hetero) is 1. The third-order valence-corrected chi connectivity index (χ3v) is 8.18. The van der Waals surface area contributed by atoms with Crippen molar-refractivity contribution < 1.29 is 38.8 Å². The summed E-state index contributed by atoms with van der Waals surface area (Å²) < 4.78 is 17.1. The quantitative estimate of drug-likeness (QED) is 0.392. The van der Waals surface area contributed by atoms with Gasteiger partial charge in [0.25, 0.3) is 0 Å². The van der Waals surface area contributed by atoms with E-state index in [1.807, 2.05) is 13.8 Å². The molecule has 1 saturated heterocycles. The smallest absolute Gasteiger partial charge is 0.344 e. The van der Waals surface area contributed by atoms with Gasteiger partial charge in [-0.15, -0.1) is 19.0 Å². The van der Waals surface area contributed by atoms with E-state index in [4.69, 9.17) is 14.2 Å². The number of ketones is 1. The van der Waals surface area contributed by atoms with Crippen LogP contribution in [0.15, 0.2) is 24.3 Å². The molecule has 0 aromatic carbocycles. The van der Waals surface area contributed by atoms with Gasteiger partial charge in [0.05, 0.1) is 23.7 Å². The van der Waals surface area contributed by atoms with Gasteiger partial charge in [-0.3, -0.25) is 14.5 Å². The number of rotatable bonds is 6. The Kier molecular flexibility index (Phi) is 8.32. The monoisotopic (exact) mass is 529 g/mol.